The molecule has 0 fully saturated rings. The highest BCUT2D eigenvalue weighted by Crippen LogP contribution is 2.17. The molecular weight excluding hydrogens is 364 g/mol. The number of imidazole rings is 1. The topological polar surface area (TPSA) is 76.0 Å². The van der Waals surface area contributed by atoms with Gasteiger partial charge in [-0.3, -0.25) is 9.59 Å². The summed E-state index contributed by atoms with van der Waals surface area (Å²) in [7, 11) is 0. The molecule has 29 heavy (non-hydrogen) atoms. The highest BCUT2D eigenvalue weighted by atomic mass is 16.2. The van der Waals surface area contributed by atoms with Crippen molar-refractivity contribution >= 4 is 28.5 Å². The van der Waals surface area contributed by atoms with E-state index >= 15 is 0 Å². The molecule has 0 radical (unpaired) electrons. The lowest BCUT2D eigenvalue weighted by atomic mass is 10.1. The van der Waals surface area contributed by atoms with Crippen molar-refractivity contribution in [2.75, 3.05) is 11.9 Å². The first kappa shape index (κ1) is 20.6. The van der Waals surface area contributed by atoms with Crippen LogP contribution >= 0.6 is 0 Å². The van der Waals surface area contributed by atoms with E-state index < -0.39 is 0 Å². The van der Waals surface area contributed by atoms with Crippen LogP contribution in [-0.4, -0.2) is 27.9 Å². The van der Waals surface area contributed by atoms with Crippen LogP contribution in [0.4, 0.5) is 5.69 Å². The number of rotatable bonds is 8. The Morgan fingerprint density at radius 3 is 2.48 bits per heavy atom. The van der Waals surface area contributed by atoms with E-state index in [-0.39, 0.29) is 24.3 Å². The molecule has 0 aliphatic rings. The molecular formula is C23H28N4O2. The number of nitrogens with one attached hydrogen (secondary N) is 2. The van der Waals surface area contributed by atoms with Crippen LogP contribution in [-0.2, 0) is 29.0 Å². The van der Waals surface area contributed by atoms with Crippen molar-refractivity contribution in [3.8, 4) is 0 Å². The lowest BCUT2D eigenvalue weighted by Crippen LogP contribution is -2.30. The smallest absolute Gasteiger partial charge is 0.244 e. The fourth-order valence-electron chi connectivity index (χ4n) is 3.16. The van der Waals surface area contributed by atoms with Gasteiger partial charge >= 0.3 is 0 Å². The van der Waals surface area contributed by atoms with Crippen molar-refractivity contribution in [3.63, 3.8) is 0 Å². The molecule has 0 unspecified atom stereocenters. The van der Waals surface area contributed by atoms with E-state index in [0.29, 0.717) is 13.0 Å². The highest BCUT2D eigenvalue weighted by Gasteiger charge is 2.14. The summed E-state index contributed by atoms with van der Waals surface area (Å²) in [5.74, 6) is 0.635. The van der Waals surface area contributed by atoms with E-state index in [9.17, 15) is 9.59 Å². The maximum Gasteiger partial charge on any atom is 0.244 e. The molecule has 2 aromatic carbocycles. The number of carbonyl (C=O) groups excluding carboxylic acids is 2. The Balaban J connectivity index is 1.73. The first-order chi connectivity index (χ1) is 14.0. The lowest BCUT2D eigenvalue weighted by molar-refractivity contribution is -0.124. The molecule has 0 saturated carbocycles. The normalized spacial score (nSPS) is 11.0. The van der Waals surface area contributed by atoms with Gasteiger partial charge in [0.15, 0.2) is 0 Å². The van der Waals surface area contributed by atoms with Crippen LogP contribution in [0.3, 0.4) is 0 Å². The fourth-order valence-corrected chi connectivity index (χ4v) is 3.16. The maximum atomic E-state index is 12.7. The second-order valence-corrected chi connectivity index (χ2v) is 7.40. The van der Waals surface area contributed by atoms with Gasteiger partial charge in [-0.25, -0.2) is 4.98 Å². The SMILES string of the molecule is CCc1ccc(NC(=O)Cn2c(CCNC(=O)C(C)C)nc3ccccc32)cc1. The number of carbonyl (C=O) groups is 2. The number of para-hydroxylation sites is 2. The average Bonchev–Trinajstić information content (AvgIpc) is 3.05. The minimum absolute atomic E-state index is 0.0148. The zero-order chi connectivity index (χ0) is 20.8. The molecule has 6 nitrogen and oxygen atoms in total. The molecule has 0 aliphatic heterocycles. The van der Waals surface area contributed by atoms with E-state index in [2.05, 4.69) is 22.5 Å². The number of anilines is 1. The predicted molar refractivity (Wildman–Crippen MR) is 116 cm³/mol. The Kier molecular flexibility index (Phi) is 6.65. The summed E-state index contributed by atoms with van der Waals surface area (Å²) in [5.41, 5.74) is 3.77. The van der Waals surface area contributed by atoms with Gasteiger partial charge in [-0.1, -0.05) is 45.0 Å². The first-order valence-electron chi connectivity index (χ1n) is 10.1. The van der Waals surface area contributed by atoms with Gasteiger partial charge in [-0.2, -0.15) is 0 Å². The molecule has 2 N–H and O–H groups in total. The van der Waals surface area contributed by atoms with Crippen LogP contribution in [0, 0.1) is 5.92 Å². The van der Waals surface area contributed by atoms with Crippen molar-refractivity contribution < 1.29 is 9.59 Å². The number of hydrogen-bond donors (Lipinski definition) is 2. The Labute approximate surface area is 171 Å². The standard InChI is InChI=1S/C23H28N4O2/c1-4-17-9-11-18(12-10-17)25-22(28)15-27-20-8-6-5-7-19(20)26-21(27)13-14-24-23(29)16(2)3/h5-12,16H,4,13-15H2,1-3H3,(H,24,29)(H,25,28). The largest absolute Gasteiger partial charge is 0.355 e. The predicted octanol–water partition coefficient (Wildman–Crippen LogP) is 3.55. The molecule has 0 bridgehead atoms. The summed E-state index contributed by atoms with van der Waals surface area (Å²) in [5, 5.41) is 5.87. The van der Waals surface area contributed by atoms with Crippen LogP contribution in [0.5, 0.6) is 0 Å². The third-order valence-corrected chi connectivity index (χ3v) is 4.85. The number of fused-ring (bicyclic) bond motifs is 1. The molecule has 3 aromatic rings. The highest BCUT2D eigenvalue weighted by molar-refractivity contribution is 5.91. The van der Waals surface area contributed by atoms with Gasteiger partial charge in [0.25, 0.3) is 0 Å². The summed E-state index contributed by atoms with van der Waals surface area (Å²) in [6.07, 6.45) is 1.53. The Morgan fingerprint density at radius 1 is 1.07 bits per heavy atom. The summed E-state index contributed by atoms with van der Waals surface area (Å²) < 4.78 is 1.92. The monoisotopic (exact) mass is 392 g/mol. The maximum absolute atomic E-state index is 12.7. The van der Waals surface area contributed by atoms with Gasteiger partial charge in [0.05, 0.1) is 11.0 Å². The summed E-state index contributed by atoms with van der Waals surface area (Å²) in [6, 6.07) is 15.6. The molecule has 0 spiro atoms. The van der Waals surface area contributed by atoms with Crippen LogP contribution in [0.15, 0.2) is 48.5 Å². The molecule has 0 saturated heterocycles. The number of amides is 2. The molecule has 152 valence electrons. The molecule has 1 heterocycles. The zero-order valence-corrected chi connectivity index (χ0v) is 17.2. The third-order valence-electron chi connectivity index (χ3n) is 4.85. The minimum Gasteiger partial charge on any atom is -0.355 e. The van der Waals surface area contributed by atoms with Crippen molar-refractivity contribution in [1.82, 2.24) is 14.9 Å². The van der Waals surface area contributed by atoms with Gasteiger partial charge in [-0.15, -0.1) is 0 Å². The second-order valence-electron chi connectivity index (χ2n) is 7.40. The number of aromatic nitrogens is 2. The zero-order valence-electron chi connectivity index (χ0n) is 17.2. The van der Waals surface area contributed by atoms with Gasteiger partial charge < -0.3 is 15.2 Å². The van der Waals surface area contributed by atoms with Crippen LogP contribution in [0.1, 0.15) is 32.2 Å². The van der Waals surface area contributed by atoms with E-state index in [4.69, 9.17) is 0 Å². The molecule has 3 rings (SSSR count). The second kappa shape index (κ2) is 9.37. The van der Waals surface area contributed by atoms with Crippen molar-refractivity contribution in [3.05, 3.63) is 59.9 Å². The summed E-state index contributed by atoms with van der Waals surface area (Å²) >= 11 is 0. The van der Waals surface area contributed by atoms with Crippen molar-refractivity contribution in [1.29, 1.82) is 0 Å². The minimum atomic E-state index is -0.107. The van der Waals surface area contributed by atoms with E-state index in [1.54, 1.807) is 0 Å². The van der Waals surface area contributed by atoms with E-state index in [1.165, 1.54) is 5.56 Å². The number of benzene rings is 2. The third kappa shape index (κ3) is 5.22. The molecule has 2 amide bonds. The van der Waals surface area contributed by atoms with Crippen molar-refractivity contribution in [2.45, 2.75) is 40.2 Å². The Morgan fingerprint density at radius 2 is 1.79 bits per heavy atom. The van der Waals surface area contributed by atoms with Crippen LogP contribution < -0.4 is 10.6 Å². The quantitative estimate of drug-likeness (QED) is 0.615. The summed E-state index contributed by atoms with van der Waals surface area (Å²) in [4.78, 5) is 29.2. The van der Waals surface area contributed by atoms with Gasteiger partial charge in [0.1, 0.15) is 12.4 Å². The van der Waals surface area contributed by atoms with Crippen LogP contribution in [0.25, 0.3) is 11.0 Å². The van der Waals surface area contributed by atoms with E-state index in [0.717, 1.165) is 29.0 Å². The first-order valence-corrected chi connectivity index (χ1v) is 10.1. The molecule has 0 aliphatic carbocycles. The van der Waals surface area contributed by atoms with Crippen LogP contribution in [0.2, 0.25) is 0 Å². The number of aryl methyl sites for hydroxylation is 1. The van der Waals surface area contributed by atoms with Gasteiger partial charge in [0, 0.05) is 24.6 Å². The average molecular weight is 393 g/mol. The Bertz CT molecular complexity index is 990. The molecule has 6 heteroatoms. The molecule has 1 aromatic heterocycles. The Hall–Kier alpha value is -3.15. The fraction of sp³-hybridized carbons (Fsp3) is 0.348. The number of hydrogen-bond acceptors (Lipinski definition) is 3. The lowest BCUT2D eigenvalue weighted by Gasteiger charge is -2.11. The summed E-state index contributed by atoms with van der Waals surface area (Å²) in [6.45, 7) is 6.48. The molecule has 0 atom stereocenters. The van der Waals surface area contributed by atoms with E-state index in [1.807, 2.05) is 66.9 Å². The number of nitrogens with zero attached hydrogens (tertiary/aromatic N) is 2. The van der Waals surface area contributed by atoms with Gasteiger partial charge in [-0.05, 0) is 36.2 Å². The van der Waals surface area contributed by atoms with Gasteiger partial charge in [0.2, 0.25) is 11.8 Å². The van der Waals surface area contributed by atoms with Crippen molar-refractivity contribution in [2.24, 2.45) is 5.92 Å².